The topological polar surface area (TPSA) is 106 Å². The maximum absolute atomic E-state index is 13.9. The third kappa shape index (κ3) is 4.21. The predicted molar refractivity (Wildman–Crippen MR) is 152 cm³/mol. The van der Waals surface area contributed by atoms with E-state index in [0.29, 0.717) is 22.3 Å². The number of rotatable bonds is 6. The number of amides is 1. The Morgan fingerprint density at radius 1 is 1.08 bits per heavy atom. The molecule has 4 heterocycles. The van der Waals surface area contributed by atoms with E-state index in [1.165, 1.54) is 9.47 Å². The Morgan fingerprint density at radius 2 is 1.85 bits per heavy atom. The standard InChI is InChI=1S/C28H23ClN6O3S/c1-3-17-13-19-25(18-9-5-6-10-20(18)29)30-14-23-31-32-28(35(23)27(19)39-17)33(2)26(38)22-12-16-8-4-7-11-21(16)34(22)15-24(36)37/h4-13H,3,14-15H2,1-2H3,(H,36,37). The second-order valence-electron chi connectivity index (χ2n) is 9.11. The van der Waals surface area contributed by atoms with Crippen LogP contribution in [0.15, 0.2) is 65.7 Å². The van der Waals surface area contributed by atoms with Crippen molar-refractivity contribution in [3.05, 3.63) is 93.2 Å². The zero-order chi connectivity index (χ0) is 27.3. The van der Waals surface area contributed by atoms with Gasteiger partial charge in [-0.1, -0.05) is 54.9 Å². The summed E-state index contributed by atoms with van der Waals surface area (Å²) < 4.78 is 3.38. The lowest BCUT2D eigenvalue weighted by atomic mass is 10.0. The van der Waals surface area contributed by atoms with E-state index < -0.39 is 11.9 Å². The average Bonchev–Trinajstić information content (AvgIpc) is 3.62. The molecule has 0 radical (unpaired) electrons. The number of aryl methyl sites for hydroxylation is 1. The van der Waals surface area contributed by atoms with Crippen LogP contribution in [0.4, 0.5) is 5.95 Å². The summed E-state index contributed by atoms with van der Waals surface area (Å²) >= 11 is 8.16. The zero-order valence-electron chi connectivity index (χ0n) is 21.1. The summed E-state index contributed by atoms with van der Waals surface area (Å²) in [6.07, 6.45) is 0.824. The van der Waals surface area contributed by atoms with Crippen LogP contribution in [0.5, 0.6) is 0 Å². The lowest BCUT2D eigenvalue weighted by Gasteiger charge is -2.18. The normalized spacial score (nSPS) is 12.5. The number of fused-ring (bicyclic) bond motifs is 4. The molecule has 1 N–H and O–H groups in total. The van der Waals surface area contributed by atoms with Gasteiger partial charge < -0.3 is 9.67 Å². The minimum Gasteiger partial charge on any atom is -0.480 e. The SMILES string of the molecule is CCc1cc2c(s1)-n1c(nnc1N(C)C(=O)c1cc3ccccc3n1CC(=O)O)CN=C2c1ccccc1Cl. The van der Waals surface area contributed by atoms with Gasteiger partial charge in [0.15, 0.2) is 5.82 Å². The number of carbonyl (C=O) groups is 2. The van der Waals surface area contributed by atoms with Gasteiger partial charge in [0.1, 0.15) is 23.8 Å². The van der Waals surface area contributed by atoms with Gasteiger partial charge in [-0.3, -0.25) is 24.0 Å². The Labute approximate surface area is 232 Å². The number of anilines is 1. The van der Waals surface area contributed by atoms with Crippen LogP contribution in [0.2, 0.25) is 5.02 Å². The minimum atomic E-state index is -1.04. The van der Waals surface area contributed by atoms with Crippen molar-refractivity contribution in [3.63, 3.8) is 0 Å². The third-order valence-corrected chi connectivity index (χ3v) is 8.31. The number of aliphatic imine (C=N–C) groups is 1. The maximum atomic E-state index is 13.9. The van der Waals surface area contributed by atoms with E-state index in [1.54, 1.807) is 30.5 Å². The molecule has 1 aliphatic heterocycles. The Balaban J connectivity index is 1.47. The number of carboxylic acids is 1. The van der Waals surface area contributed by atoms with Crippen LogP contribution >= 0.6 is 22.9 Å². The molecule has 0 saturated carbocycles. The van der Waals surface area contributed by atoms with Gasteiger partial charge in [0.2, 0.25) is 5.95 Å². The largest absolute Gasteiger partial charge is 0.480 e. The van der Waals surface area contributed by atoms with Crippen LogP contribution in [0.3, 0.4) is 0 Å². The molecule has 5 aromatic rings. The fraction of sp³-hybridized carbons (Fsp3) is 0.179. The van der Waals surface area contributed by atoms with Crippen molar-refractivity contribution in [2.45, 2.75) is 26.4 Å². The van der Waals surface area contributed by atoms with E-state index in [1.807, 2.05) is 47.0 Å². The molecular formula is C28H23ClN6O3S. The van der Waals surface area contributed by atoms with Crippen molar-refractivity contribution in [1.29, 1.82) is 0 Å². The summed E-state index contributed by atoms with van der Waals surface area (Å²) in [7, 11) is 1.62. The first-order valence-corrected chi connectivity index (χ1v) is 13.5. The molecule has 196 valence electrons. The highest BCUT2D eigenvalue weighted by Gasteiger charge is 2.30. The molecule has 9 nitrogen and oxygen atoms in total. The fourth-order valence-electron chi connectivity index (χ4n) is 4.85. The number of carboxylic acid groups (broad SMARTS) is 1. The number of nitrogens with zero attached hydrogens (tertiary/aromatic N) is 6. The number of hydrogen-bond donors (Lipinski definition) is 1. The summed E-state index contributed by atoms with van der Waals surface area (Å²) in [4.78, 5) is 33.0. The molecule has 0 spiro atoms. The fourth-order valence-corrected chi connectivity index (χ4v) is 6.19. The first-order valence-electron chi connectivity index (χ1n) is 12.3. The van der Waals surface area contributed by atoms with Crippen LogP contribution in [0.1, 0.15) is 39.2 Å². The van der Waals surface area contributed by atoms with Crippen molar-refractivity contribution in [1.82, 2.24) is 19.3 Å². The first-order chi connectivity index (χ1) is 18.9. The van der Waals surface area contributed by atoms with Gasteiger partial charge in [-0.25, -0.2) is 0 Å². The molecule has 39 heavy (non-hydrogen) atoms. The molecule has 1 aliphatic rings. The van der Waals surface area contributed by atoms with Crippen molar-refractivity contribution < 1.29 is 14.7 Å². The second-order valence-corrected chi connectivity index (χ2v) is 10.6. The molecule has 2 aromatic carbocycles. The van der Waals surface area contributed by atoms with Gasteiger partial charge in [-0.2, -0.15) is 0 Å². The van der Waals surface area contributed by atoms with Crippen molar-refractivity contribution in [3.8, 4) is 5.00 Å². The second kappa shape index (κ2) is 9.79. The molecule has 3 aromatic heterocycles. The lowest BCUT2D eigenvalue weighted by Crippen LogP contribution is -2.31. The number of para-hydroxylation sites is 1. The van der Waals surface area contributed by atoms with Gasteiger partial charge in [-0.05, 0) is 30.7 Å². The number of thiophene rings is 1. The van der Waals surface area contributed by atoms with Crippen molar-refractivity contribution in [2.75, 3.05) is 11.9 Å². The number of hydrogen-bond acceptors (Lipinski definition) is 6. The molecule has 6 rings (SSSR count). The van der Waals surface area contributed by atoms with Crippen LogP contribution in [-0.2, 0) is 24.3 Å². The van der Waals surface area contributed by atoms with Gasteiger partial charge >= 0.3 is 5.97 Å². The van der Waals surface area contributed by atoms with E-state index in [0.717, 1.165) is 38.5 Å². The van der Waals surface area contributed by atoms with E-state index in [9.17, 15) is 14.7 Å². The van der Waals surface area contributed by atoms with Crippen LogP contribution in [-0.4, -0.2) is 49.1 Å². The summed E-state index contributed by atoms with van der Waals surface area (Å²) in [6, 6.07) is 18.7. The highest BCUT2D eigenvalue weighted by molar-refractivity contribution is 7.15. The van der Waals surface area contributed by atoms with E-state index in [-0.39, 0.29) is 18.8 Å². The molecule has 0 fully saturated rings. The smallest absolute Gasteiger partial charge is 0.323 e. The predicted octanol–water partition coefficient (Wildman–Crippen LogP) is 5.21. The summed E-state index contributed by atoms with van der Waals surface area (Å²) in [6.45, 7) is 1.99. The van der Waals surface area contributed by atoms with Crippen LogP contribution in [0, 0.1) is 0 Å². The Kier molecular flexibility index (Phi) is 6.28. The molecule has 0 saturated heterocycles. The first kappa shape index (κ1) is 25.0. The molecular weight excluding hydrogens is 536 g/mol. The Hall–Kier alpha value is -4.28. The Morgan fingerprint density at radius 3 is 2.62 bits per heavy atom. The van der Waals surface area contributed by atoms with Gasteiger partial charge in [-0.15, -0.1) is 21.5 Å². The van der Waals surface area contributed by atoms with Gasteiger partial charge in [0, 0.05) is 39.0 Å². The number of halogens is 1. The van der Waals surface area contributed by atoms with Crippen LogP contribution in [0.25, 0.3) is 15.9 Å². The highest BCUT2D eigenvalue weighted by atomic mass is 35.5. The number of benzene rings is 2. The molecule has 0 aliphatic carbocycles. The van der Waals surface area contributed by atoms with Gasteiger partial charge in [0.25, 0.3) is 5.91 Å². The number of aromatic nitrogens is 4. The van der Waals surface area contributed by atoms with Crippen molar-refractivity contribution in [2.24, 2.45) is 4.99 Å². The number of carbonyl (C=O) groups excluding carboxylic acids is 1. The third-order valence-electron chi connectivity index (χ3n) is 6.72. The Bertz CT molecular complexity index is 1800. The lowest BCUT2D eigenvalue weighted by molar-refractivity contribution is -0.137. The van der Waals surface area contributed by atoms with E-state index >= 15 is 0 Å². The summed E-state index contributed by atoms with van der Waals surface area (Å²) in [5, 5.41) is 20.6. The minimum absolute atomic E-state index is 0.248. The average molecular weight is 559 g/mol. The van der Waals surface area contributed by atoms with Gasteiger partial charge in [0.05, 0.1) is 5.71 Å². The van der Waals surface area contributed by atoms with Crippen molar-refractivity contribution >= 4 is 57.4 Å². The summed E-state index contributed by atoms with van der Waals surface area (Å²) in [5.41, 5.74) is 3.40. The molecule has 0 unspecified atom stereocenters. The number of aliphatic carboxylic acids is 1. The summed E-state index contributed by atoms with van der Waals surface area (Å²) in [5.74, 6) is -0.524. The molecule has 0 atom stereocenters. The van der Waals surface area contributed by atoms with E-state index in [4.69, 9.17) is 16.6 Å². The maximum Gasteiger partial charge on any atom is 0.323 e. The molecule has 11 heteroatoms. The van der Waals surface area contributed by atoms with E-state index in [2.05, 4.69) is 23.2 Å². The zero-order valence-corrected chi connectivity index (χ0v) is 22.7. The van der Waals surface area contributed by atoms with Crippen LogP contribution < -0.4 is 4.90 Å². The molecule has 1 amide bonds. The quantitative estimate of drug-likeness (QED) is 0.308. The molecule has 0 bridgehead atoms. The highest BCUT2D eigenvalue weighted by Crippen LogP contribution is 2.36. The monoisotopic (exact) mass is 558 g/mol.